The third-order valence-electron chi connectivity index (χ3n) is 3.50. The molecule has 0 aliphatic carbocycles. The Morgan fingerprint density at radius 3 is 0.903 bits per heavy atom. The minimum atomic E-state index is 0. The zero-order valence-corrected chi connectivity index (χ0v) is 21.9. The Balaban J connectivity index is -0.000000174. The van der Waals surface area contributed by atoms with Gasteiger partial charge in [0.25, 0.3) is 0 Å². The van der Waals surface area contributed by atoms with Crippen LogP contribution in [0.1, 0.15) is 78.6 Å². The minimum Gasteiger partial charge on any atom is -0.854 e. The number of hydrogen-bond acceptors (Lipinski definition) is 3. The maximum absolute atomic E-state index is 9.99. The van der Waals surface area contributed by atoms with E-state index in [0.29, 0.717) is 0 Å². The Bertz CT molecular complexity index is 419. The van der Waals surface area contributed by atoms with Crippen LogP contribution in [-0.2, 0) is 21.7 Å². The quantitative estimate of drug-likeness (QED) is 0.195. The third kappa shape index (κ3) is 52.9. The van der Waals surface area contributed by atoms with Gasteiger partial charge in [-0.1, -0.05) is 111 Å². The number of hydrogen-bond donors (Lipinski definition) is 0. The van der Waals surface area contributed by atoms with Gasteiger partial charge in [-0.05, 0) is 40.0 Å². The van der Waals surface area contributed by atoms with Crippen LogP contribution in [0.15, 0.2) is 72.9 Å². The summed E-state index contributed by atoms with van der Waals surface area (Å²) in [5.41, 5.74) is 3.21. The first-order chi connectivity index (χ1) is 14.3. The standard InChI is InChI=1S/3C9H15O.Ti/c3*1-9(2)7-5-3-4-6-8-10;/h3*5,7H,1,3-4,6,8H2,2H3;/q3*-1;+3. The fourth-order valence-electron chi connectivity index (χ4n) is 1.95. The van der Waals surface area contributed by atoms with Gasteiger partial charge in [-0.15, -0.1) is 19.8 Å². The van der Waals surface area contributed by atoms with E-state index < -0.39 is 0 Å². The minimum absolute atomic E-state index is 0. The number of rotatable bonds is 15. The van der Waals surface area contributed by atoms with Crippen molar-refractivity contribution in [1.29, 1.82) is 0 Å². The van der Waals surface area contributed by atoms with Gasteiger partial charge in [-0.25, -0.2) is 0 Å². The molecule has 0 aliphatic heterocycles. The van der Waals surface area contributed by atoms with E-state index in [9.17, 15) is 15.3 Å². The molecule has 0 amide bonds. The number of unbranched alkanes of at least 4 members (excludes halogenated alkanes) is 6. The topological polar surface area (TPSA) is 69.2 Å². The molecule has 0 aromatic rings. The van der Waals surface area contributed by atoms with Crippen molar-refractivity contribution in [3.63, 3.8) is 0 Å². The molecule has 0 rings (SSSR count). The molecule has 0 aromatic carbocycles. The van der Waals surface area contributed by atoms with Gasteiger partial charge in [-0.2, -0.15) is 0 Å². The fraction of sp³-hybridized carbons (Fsp3) is 0.556. The fourth-order valence-corrected chi connectivity index (χ4v) is 1.95. The molecule has 0 fully saturated rings. The molecule has 0 saturated carbocycles. The van der Waals surface area contributed by atoms with Crippen LogP contribution in [0.2, 0.25) is 0 Å². The molecule has 0 aliphatic rings. The Labute approximate surface area is 207 Å². The van der Waals surface area contributed by atoms with E-state index in [2.05, 4.69) is 38.0 Å². The van der Waals surface area contributed by atoms with Crippen molar-refractivity contribution in [2.45, 2.75) is 78.6 Å². The SMILES string of the molecule is C=C(C)C=CCCCC[O-].C=C(C)C=CCCCC[O-].C=C(C)C=CCCCC[O-].[Ti+3]. The molecule has 4 heteroatoms. The Morgan fingerprint density at radius 2 is 0.742 bits per heavy atom. The van der Waals surface area contributed by atoms with Gasteiger partial charge in [0.15, 0.2) is 0 Å². The van der Waals surface area contributed by atoms with Crippen LogP contribution in [0.3, 0.4) is 0 Å². The first-order valence-corrected chi connectivity index (χ1v) is 11.0. The zero-order chi connectivity index (χ0) is 23.5. The first-order valence-electron chi connectivity index (χ1n) is 11.0. The average Bonchev–Trinajstić information content (AvgIpc) is 2.68. The van der Waals surface area contributed by atoms with E-state index in [4.69, 9.17) is 0 Å². The molecule has 31 heavy (non-hydrogen) atoms. The molecular formula is C27H45O3Ti. The van der Waals surface area contributed by atoms with E-state index in [1.807, 2.05) is 39.0 Å². The second kappa shape index (κ2) is 33.7. The molecule has 175 valence electrons. The molecule has 0 spiro atoms. The summed E-state index contributed by atoms with van der Waals surface area (Å²) in [6.45, 7) is 17.2. The van der Waals surface area contributed by atoms with E-state index in [1.165, 1.54) is 0 Å². The van der Waals surface area contributed by atoms with Gasteiger partial charge >= 0.3 is 21.7 Å². The first kappa shape index (κ1) is 37.4. The van der Waals surface area contributed by atoms with Crippen molar-refractivity contribution in [3.05, 3.63) is 72.9 Å². The average molecular weight is 466 g/mol. The Kier molecular flexibility index (Phi) is 40.6. The summed E-state index contributed by atoms with van der Waals surface area (Å²) in [6.07, 6.45) is 20.6. The molecular weight excluding hydrogens is 420 g/mol. The summed E-state index contributed by atoms with van der Waals surface area (Å²) in [7, 11) is 0. The van der Waals surface area contributed by atoms with E-state index in [-0.39, 0.29) is 41.5 Å². The van der Waals surface area contributed by atoms with Gasteiger partial charge in [0.2, 0.25) is 0 Å². The molecule has 0 aromatic heterocycles. The third-order valence-corrected chi connectivity index (χ3v) is 3.50. The Morgan fingerprint density at radius 1 is 0.516 bits per heavy atom. The van der Waals surface area contributed by atoms with Crippen molar-refractivity contribution in [2.24, 2.45) is 0 Å². The smallest absolute Gasteiger partial charge is 0.854 e. The van der Waals surface area contributed by atoms with E-state index >= 15 is 0 Å². The van der Waals surface area contributed by atoms with Gasteiger partial charge in [-0.3, -0.25) is 0 Å². The predicted octanol–water partition coefficient (Wildman–Crippen LogP) is 4.95. The monoisotopic (exact) mass is 465 g/mol. The van der Waals surface area contributed by atoms with Crippen molar-refractivity contribution >= 4 is 0 Å². The van der Waals surface area contributed by atoms with Crippen molar-refractivity contribution in [1.82, 2.24) is 0 Å². The van der Waals surface area contributed by atoms with Gasteiger partial charge in [0.05, 0.1) is 0 Å². The van der Waals surface area contributed by atoms with Crippen molar-refractivity contribution in [3.8, 4) is 0 Å². The molecule has 3 nitrogen and oxygen atoms in total. The van der Waals surface area contributed by atoms with Crippen LogP contribution >= 0.6 is 0 Å². The Hall–Kier alpha value is -0.966. The van der Waals surface area contributed by atoms with E-state index in [1.54, 1.807) is 0 Å². The maximum atomic E-state index is 9.99. The van der Waals surface area contributed by atoms with Gasteiger partial charge in [0, 0.05) is 0 Å². The van der Waals surface area contributed by atoms with Crippen LogP contribution in [0, 0.1) is 0 Å². The van der Waals surface area contributed by atoms with Gasteiger partial charge < -0.3 is 15.3 Å². The van der Waals surface area contributed by atoms with Crippen LogP contribution in [-0.4, -0.2) is 19.8 Å². The summed E-state index contributed by atoms with van der Waals surface area (Å²) >= 11 is 0. The maximum Gasteiger partial charge on any atom is 3.00 e. The van der Waals surface area contributed by atoms with Crippen LogP contribution in [0.5, 0.6) is 0 Å². The van der Waals surface area contributed by atoms with Crippen LogP contribution in [0.4, 0.5) is 0 Å². The normalized spacial score (nSPS) is 10.3. The summed E-state index contributed by atoms with van der Waals surface area (Å²) in [5.74, 6) is 0. The molecule has 0 saturated heterocycles. The molecule has 0 unspecified atom stereocenters. The van der Waals surface area contributed by atoms with E-state index in [0.717, 1.165) is 74.5 Å². The summed E-state index contributed by atoms with van der Waals surface area (Å²) < 4.78 is 0. The largest absolute Gasteiger partial charge is 3.00 e. The summed E-state index contributed by atoms with van der Waals surface area (Å²) in [4.78, 5) is 0. The molecule has 0 heterocycles. The van der Waals surface area contributed by atoms with Crippen LogP contribution in [0.25, 0.3) is 0 Å². The number of allylic oxidation sites excluding steroid dienone is 9. The summed E-state index contributed by atoms with van der Waals surface area (Å²) in [6, 6.07) is 0. The summed E-state index contributed by atoms with van der Waals surface area (Å²) in [5, 5.41) is 30.0. The van der Waals surface area contributed by atoms with Crippen molar-refractivity contribution in [2.75, 3.05) is 19.8 Å². The molecule has 0 N–H and O–H groups in total. The van der Waals surface area contributed by atoms with Gasteiger partial charge in [0.1, 0.15) is 0 Å². The molecule has 0 bridgehead atoms. The second-order valence-corrected chi connectivity index (χ2v) is 7.35. The van der Waals surface area contributed by atoms with Crippen LogP contribution < -0.4 is 15.3 Å². The second-order valence-electron chi connectivity index (χ2n) is 7.35. The molecule has 1 radical (unpaired) electrons. The predicted molar refractivity (Wildman–Crippen MR) is 128 cm³/mol. The molecule has 0 atom stereocenters. The zero-order valence-electron chi connectivity index (χ0n) is 20.3. The van der Waals surface area contributed by atoms with Crippen molar-refractivity contribution < 1.29 is 37.0 Å².